The Kier molecular flexibility index (Phi) is 6.66. The zero-order valence-electron chi connectivity index (χ0n) is 16.3. The van der Waals surface area contributed by atoms with Crippen molar-refractivity contribution in [3.8, 4) is 23.0 Å². The summed E-state index contributed by atoms with van der Waals surface area (Å²) in [5, 5.41) is 10.0. The molecule has 0 aromatic heterocycles. The van der Waals surface area contributed by atoms with Crippen LogP contribution in [0.2, 0.25) is 0 Å². The number of amides is 1. The van der Waals surface area contributed by atoms with Gasteiger partial charge >= 0.3 is 0 Å². The quantitative estimate of drug-likeness (QED) is 0.527. The highest BCUT2D eigenvalue weighted by atomic mass is 32.2. The molecular weight excluding hydrogens is 410 g/mol. The fourth-order valence-corrected chi connectivity index (χ4v) is 4.18. The number of thioether (sulfide) groups is 1. The van der Waals surface area contributed by atoms with Gasteiger partial charge in [-0.15, -0.1) is 0 Å². The van der Waals surface area contributed by atoms with Crippen molar-refractivity contribution in [3.63, 3.8) is 0 Å². The number of nitrogens with zero attached hydrogens (tertiary/aromatic N) is 1. The van der Waals surface area contributed by atoms with Crippen LogP contribution in [0.25, 0.3) is 6.08 Å². The second-order valence-electron chi connectivity index (χ2n) is 6.21. The molecular formula is C21H21NO5S2. The molecule has 29 heavy (non-hydrogen) atoms. The molecule has 3 rings (SSSR count). The monoisotopic (exact) mass is 431 g/mol. The molecule has 1 aliphatic heterocycles. The van der Waals surface area contributed by atoms with Gasteiger partial charge in [-0.1, -0.05) is 36.1 Å². The molecule has 0 atom stereocenters. The lowest BCUT2D eigenvalue weighted by atomic mass is 10.1. The van der Waals surface area contributed by atoms with Crippen LogP contribution in [0.3, 0.4) is 0 Å². The topological polar surface area (TPSA) is 68.2 Å². The number of aromatic hydroxyl groups is 1. The summed E-state index contributed by atoms with van der Waals surface area (Å²) in [6.45, 7) is 0.497. The summed E-state index contributed by atoms with van der Waals surface area (Å²) < 4.78 is 16.0. The first-order valence-corrected chi connectivity index (χ1v) is 10.0. The normalized spacial score (nSPS) is 15.1. The summed E-state index contributed by atoms with van der Waals surface area (Å²) in [6.07, 6.45) is 2.40. The first kappa shape index (κ1) is 21.0. The van der Waals surface area contributed by atoms with Gasteiger partial charge in [0.05, 0.1) is 26.2 Å². The molecule has 1 heterocycles. The minimum absolute atomic E-state index is 0.0841. The average Bonchev–Trinajstić information content (AvgIpc) is 3.00. The van der Waals surface area contributed by atoms with Gasteiger partial charge in [-0.2, -0.15) is 0 Å². The van der Waals surface area contributed by atoms with Gasteiger partial charge < -0.3 is 19.3 Å². The van der Waals surface area contributed by atoms with E-state index in [0.717, 1.165) is 11.3 Å². The van der Waals surface area contributed by atoms with E-state index in [-0.39, 0.29) is 23.2 Å². The summed E-state index contributed by atoms with van der Waals surface area (Å²) in [4.78, 5) is 15.0. The molecule has 0 unspecified atom stereocenters. The highest BCUT2D eigenvalue weighted by Gasteiger charge is 2.31. The van der Waals surface area contributed by atoms with Crippen molar-refractivity contribution in [3.05, 3.63) is 52.4 Å². The van der Waals surface area contributed by atoms with Crippen molar-refractivity contribution in [2.24, 2.45) is 0 Å². The number of ether oxygens (including phenoxy) is 3. The molecule has 1 amide bonds. The number of carbonyl (C=O) groups is 1. The number of rotatable bonds is 7. The summed E-state index contributed by atoms with van der Waals surface area (Å²) >= 11 is 6.66. The molecule has 1 saturated heterocycles. The SMILES string of the molecule is COc1ccc(CCN2C(=O)/C(=C/c3cc(OC)c(O)c(OC)c3)SC2=S)cc1. The van der Waals surface area contributed by atoms with Crippen LogP contribution >= 0.6 is 24.0 Å². The van der Waals surface area contributed by atoms with Crippen LogP contribution in [0, 0.1) is 0 Å². The highest BCUT2D eigenvalue weighted by molar-refractivity contribution is 8.26. The third-order valence-corrected chi connectivity index (χ3v) is 5.83. The zero-order valence-corrected chi connectivity index (χ0v) is 17.9. The Hall–Kier alpha value is -2.71. The van der Waals surface area contributed by atoms with Crippen molar-refractivity contribution in [1.82, 2.24) is 4.90 Å². The molecule has 0 aliphatic carbocycles. The average molecular weight is 432 g/mol. The lowest BCUT2D eigenvalue weighted by Gasteiger charge is -2.14. The van der Waals surface area contributed by atoms with E-state index in [9.17, 15) is 9.90 Å². The van der Waals surface area contributed by atoms with Crippen LogP contribution in [0.1, 0.15) is 11.1 Å². The van der Waals surface area contributed by atoms with Crippen LogP contribution in [0.5, 0.6) is 23.0 Å². The smallest absolute Gasteiger partial charge is 0.266 e. The number of benzene rings is 2. The van der Waals surface area contributed by atoms with Crippen molar-refractivity contribution in [2.45, 2.75) is 6.42 Å². The van der Waals surface area contributed by atoms with Gasteiger partial charge in [0.25, 0.3) is 5.91 Å². The third kappa shape index (κ3) is 4.65. The van der Waals surface area contributed by atoms with E-state index in [1.54, 1.807) is 30.2 Å². The molecule has 1 fully saturated rings. The molecule has 1 aliphatic rings. The number of carbonyl (C=O) groups excluding carboxylic acids is 1. The molecule has 1 N–H and O–H groups in total. The number of hydrogen-bond acceptors (Lipinski definition) is 7. The third-order valence-electron chi connectivity index (χ3n) is 4.46. The number of thiocarbonyl (C=S) groups is 1. The van der Waals surface area contributed by atoms with Gasteiger partial charge in [0, 0.05) is 6.54 Å². The number of hydrogen-bond donors (Lipinski definition) is 1. The van der Waals surface area contributed by atoms with Gasteiger partial charge in [0.2, 0.25) is 5.75 Å². The lowest BCUT2D eigenvalue weighted by molar-refractivity contribution is -0.122. The van der Waals surface area contributed by atoms with E-state index in [1.807, 2.05) is 24.3 Å². The number of phenols is 1. The minimum Gasteiger partial charge on any atom is -0.502 e. The first-order chi connectivity index (χ1) is 14.0. The largest absolute Gasteiger partial charge is 0.502 e. The van der Waals surface area contributed by atoms with Crippen molar-refractivity contribution >= 4 is 40.3 Å². The van der Waals surface area contributed by atoms with E-state index >= 15 is 0 Å². The Bertz CT molecular complexity index is 931. The second kappa shape index (κ2) is 9.19. The van der Waals surface area contributed by atoms with Crippen molar-refractivity contribution in [1.29, 1.82) is 0 Å². The Morgan fingerprint density at radius 2 is 1.69 bits per heavy atom. The van der Waals surface area contributed by atoms with Crippen molar-refractivity contribution in [2.75, 3.05) is 27.9 Å². The van der Waals surface area contributed by atoms with E-state index in [1.165, 1.54) is 26.0 Å². The predicted molar refractivity (Wildman–Crippen MR) is 118 cm³/mol. The van der Waals surface area contributed by atoms with E-state index in [2.05, 4.69) is 0 Å². The maximum Gasteiger partial charge on any atom is 0.266 e. The zero-order chi connectivity index (χ0) is 21.0. The molecule has 2 aromatic rings. The summed E-state index contributed by atoms with van der Waals surface area (Å²) in [6, 6.07) is 11.0. The maximum absolute atomic E-state index is 12.8. The van der Waals surface area contributed by atoms with E-state index in [0.29, 0.717) is 27.8 Å². The fourth-order valence-electron chi connectivity index (χ4n) is 2.87. The number of phenolic OH excluding ortho intramolecular Hbond substituents is 1. The lowest BCUT2D eigenvalue weighted by Crippen LogP contribution is -2.30. The van der Waals surface area contributed by atoms with Crippen LogP contribution in [0.4, 0.5) is 0 Å². The van der Waals surface area contributed by atoms with E-state index < -0.39 is 0 Å². The molecule has 6 nitrogen and oxygen atoms in total. The first-order valence-electron chi connectivity index (χ1n) is 8.80. The fraction of sp³-hybridized carbons (Fsp3) is 0.238. The standard InChI is InChI=1S/C21H21NO5S2/c1-25-15-6-4-13(5-7-15)8-9-22-20(24)18(29-21(22)28)12-14-10-16(26-2)19(23)17(11-14)27-3/h4-7,10-12,23H,8-9H2,1-3H3/b18-12-. The summed E-state index contributed by atoms with van der Waals surface area (Å²) in [5.74, 6) is 1.11. The molecule has 152 valence electrons. The molecule has 0 bridgehead atoms. The second-order valence-corrected chi connectivity index (χ2v) is 7.88. The molecule has 2 aromatic carbocycles. The van der Waals surface area contributed by atoms with Crippen LogP contribution in [0.15, 0.2) is 41.3 Å². The molecule has 0 radical (unpaired) electrons. The molecule has 0 saturated carbocycles. The van der Waals surface area contributed by atoms with Gasteiger partial charge in [0.15, 0.2) is 11.5 Å². The van der Waals surface area contributed by atoms with Crippen LogP contribution in [-0.4, -0.2) is 48.1 Å². The summed E-state index contributed by atoms with van der Waals surface area (Å²) in [5.41, 5.74) is 1.77. The Morgan fingerprint density at radius 3 is 2.24 bits per heavy atom. The maximum atomic E-state index is 12.8. The Labute approximate surface area is 179 Å². The van der Waals surface area contributed by atoms with Gasteiger partial charge in [-0.3, -0.25) is 9.69 Å². The van der Waals surface area contributed by atoms with Crippen LogP contribution in [-0.2, 0) is 11.2 Å². The molecule has 8 heteroatoms. The van der Waals surface area contributed by atoms with Crippen molar-refractivity contribution < 1.29 is 24.1 Å². The highest BCUT2D eigenvalue weighted by Crippen LogP contribution is 2.39. The minimum atomic E-state index is -0.139. The van der Waals surface area contributed by atoms with Gasteiger partial charge in [-0.05, 0) is 47.9 Å². The van der Waals surface area contributed by atoms with Gasteiger partial charge in [0.1, 0.15) is 10.1 Å². The predicted octanol–water partition coefficient (Wildman–Crippen LogP) is 3.86. The summed E-state index contributed by atoms with van der Waals surface area (Å²) in [7, 11) is 4.54. The van der Waals surface area contributed by atoms with Gasteiger partial charge in [-0.25, -0.2) is 0 Å². The Balaban J connectivity index is 1.75. The van der Waals surface area contributed by atoms with E-state index in [4.69, 9.17) is 26.4 Å². The number of methoxy groups -OCH3 is 3. The van der Waals surface area contributed by atoms with Crippen LogP contribution < -0.4 is 14.2 Å². The molecule has 0 spiro atoms. The Morgan fingerprint density at radius 1 is 1.07 bits per heavy atom.